The standard InChI is InChI=1S/C21H16F3N3O3/c1-11(22)17-12(14-7-9-30-26-14)4-2-5-13(17)18-20(28)19-15(6-3-8-25-19)27(21(18)29)10-16(23)24/h2-6,8,16,28H,1,7,9-10H2. The van der Waals surface area contributed by atoms with Gasteiger partial charge < -0.3 is 14.5 Å². The Kier molecular flexibility index (Phi) is 5.03. The summed E-state index contributed by atoms with van der Waals surface area (Å²) in [6.45, 7) is 2.77. The molecule has 0 saturated heterocycles. The van der Waals surface area contributed by atoms with Gasteiger partial charge in [0.15, 0.2) is 5.75 Å². The molecule has 6 nitrogen and oxygen atoms in total. The monoisotopic (exact) mass is 415 g/mol. The summed E-state index contributed by atoms with van der Waals surface area (Å²) >= 11 is 0. The predicted octanol–water partition coefficient (Wildman–Crippen LogP) is 4.10. The van der Waals surface area contributed by atoms with Crippen LogP contribution in [0.4, 0.5) is 13.2 Å². The van der Waals surface area contributed by atoms with Gasteiger partial charge in [-0.2, -0.15) is 0 Å². The minimum absolute atomic E-state index is 0.00710. The summed E-state index contributed by atoms with van der Waals surface area (Å²) in [6, 6.07) is 7.43. The Balaban J connectivity index is 2.09. The van der Waals surface area contributed by atoms with Gasteiger partial charge in [-0.3, -0.25) is 9.78 Å². The Hall–Kier alpha value is -3.62. The molecule has 0 bridgehead atoms. The topological polar surface area (TPSA) is 76.7 Å². The van der Waals surface area contributed by atoms with Gasteiger partial charge in [0.05, 0.1) is 23.3 Å². The van der Waals surface area contributed by atoms with Crippen molar-refractivity contribution in [2.45, 2.75) is 19.4 Å². The number of oxime groups is 1. The fourth-order valence-corrected chi connectivity index (χ4v) is 3.61. The van der Waals surface area contributed by atoms with Crippen molar-refractivity contribution in [1.29, 1.82) is 0 Å². The molecule has 4 rings (SSSR count). The molecule has 9 heteroatoms. The molecule has 154 valence electrons. The first-order valence-corrected chi connectivity index (χ1v) is 9.06. The van der Waals surface area contributed by atoms with Crippen LogP contribution in [0, 0.1) is 0 Å². The van der Waals surface area contributed by atoms with Crippen LogP contribution < -0.4 is 5.56 Å². The third-order valence-corrected chi connectivity index (χ3v) is 4.84. The first kappa shape index (κ1) is 19.7. The normalized spacial score (nSPS) is 13.5. The van der Waals surface area contributed by atoms with Crippen LogP contribution in [0.3, 0.4) is 0 Å². The Morgan fingerprint density at radius 1 is 1.27 bits per heavy atom. The molecule has 1 aliphatic heterocycles. The smallest absolute Gasteiger partial charge is 0.263 e. The lowest BCUT2D eigenvalue weighted by Crippen LogP contribution is -2.26. The highest BCUT2D eigenvalue weighted by Crippen LogP contribution is 2.38. The zero-order chi connectivity index (χ0) is 21.4. The van der Waals surface area contributed by atoms with Crippen molar-refractivity contribution in [3.63, 3.8) is 0 Å². The maximum absolute atomic E-state index is 14.6. The summed E-state index contributed by atoms with van der Waals surface area (Å²) in [5, 5.41) is 14.7. The number of aromatic nitrogens is 2. The van der Waals surface area contributed by atoms with E-state index in [9.17, 15) is 23.1 Å². The Labute approximate surface area is 168 Å². The van der Waals surface area contributed by atoms with E-state index in [0.717, 1.165) is 4.57 Å². The van der Waals surface area contributed by atoms with Crippen LogP contribution in [0.2, 0.25) is 0 Å². The molecular formula is C21H16F3N3O3. The predicted molar refractivity (Wildman–Crippen MR) is 106 cm³/mol. The van der Waals surface area contributed by atoms with Crippen LogP contribution in [-0.4, -0.2) is 33.4 Å². The van der Waals surface area contributed by atoms with Gasteiger partial charge in [-0.15, -0.1) is 0 Å². The van der Waals surface area contributed by atoms with E-state index in [1.807, 2.05) is 0 Å². The second-order valence-electron chi connectivity index (χ2n) is 6.66. The molecule has 0 saturated carbocycles. The SMILES string of the molecule is C=C(F)c1c(C2=NOCC2)cccc1-c1c(O)c2ncccc2n(CC(F)F)c1=O. The number of benzene rings is 1. The molecule has 0 spiro atoms. The zero-order valence-corrected chi connectivity index (χ0v) is 15.6. The Morgan fingerprint density at radius 3 is 2.70 bits per heavy atom. The van der Waals surface area contributed by atoms with Gasteiger partial charge >= 0.3 is 0 Å². The second-order valence-corrected chi connectivity index (χ2v) is 6.66. The first-order valence-electron chi connectivity index (χ1n) is 9.06. The lowest BCUT2D eigenvalue weighted by Gasteiger charge is -2.17. The van der Waals surface area contributed by atoms with E-state index in [2.05, 4.69) is 16.7 Å². The zero-order valence-electron chi connectivity index (χ0n) is 15.6. The highest BCUT2D eigenvalue weighted by Gasteiger charge is 2.26. The minimum Gasteiger partial charge on any atom is -0.505 e. The van der Waals surface area contributed by atoms with Crippen LogP contribution in [0.15, 0.2) is 53.1 Å². The number of alkyl halides is 2. The maximum Gasteiger partial charge on any atom is 0.263 e. The molecule has 3 heterocycles. The van der Waals surface area contributed by atoms with E-state index < -0.39 is 30.1 Å². The third kappa shape index (κ3) is 3.22. The van der Waals surface area contributed by atoms with E-state index in [-0.39, 0.29) is 27.7 Å². The quantitative estimate of drug-likeness (QED) is 0.681. The fourth-order valence-electron chi connectivity index (χ4n) is 3.61. The molecule has 0 fully saturated rings. The van der Waals surface area contributed by atoms with Crippen molar-refractivity contribution in [2.75, 3.05) is 6.61 Å². The van der Waals surface area contributed by atoms with Crippen molar-refractivity contribution in [2.24, 2.45) is 5.16 Å². The second kappa shape index (κ2) is 7.66. The number of nitrogens with zero attached hydrogens (tertiary/aromatic N) is 3. The minimum atomic E-state index is -2.82. The molecule has 3 aromatic rings. The summed E-state index contributed by atoms with van der Waals surface area (Å²) in [6.07, 6.45) is -1.04. The average Bonchev–Trinajstić information content (AvgIpc) is 3.25. The van der Waals surface area contributed by atoms with Crippen LogP contribution in [-0.2, 0) is 11.4 Å². The van der Waals surface area contributed by atoms with E-state index in [4.69, 9.17) is 4.84 Å². The van der Waals surface area contributed by atoms with Gasteiger partial charge in [0.25, 0.3) is 12.0 Å². The number of pyridine rings is 2. The Bertz CT molecular complexity index is 1250. The highest BCUT2D eigenvalue weighted by molar-refractivity contribution is 6.07. The van der Waals surface area contributed by atoms with Gasteiger partial charge in [0.2, 0.25) is 0 Å². The third-order valence-electron chi connectivity index (χ3n) is 4.84. The van der Waals surface area contributed by atoms with Crippen LogP contribution in [0.25, 0.3) is 28.0 Å². The van der Waals surface area contributed by atoms with E-state index in [0.29, 0.717) is 24.3 Å². The summed E-state index contributed by atoms with van der Waals surface area (Å²) in [4.78, 5) is 22.2. The van der Waals surface area contributed by atoms with Crippen molar-refractivity contribution in [1.82, 2.24) is 9.55 Å². The number of fused-ring (bicyclic) bond motifs is 1. The van der Waals surface area contributed by atoms with Crippen LogP contribution in [0.1, 0.15) is 17.5 Å². The van der Waals surface area contributed by atoms with E-state index in [1.165, 1.54) is 24.4 Å². The number of halogens is 3. The van der Waals surface area contributed by atoms with Crippen molar-refractivity contribution in [3.8, 4) is 16.9 Å². The molecule has 1 N–H and O–H groups in total. The fraction of sp³-hybridized carbons (Fsp3) is 0.190. The largest absolute Gasteiger partial charge is 0.505 e. The summed E-state index contributed by atoms with van der Waals surface area (Å²) in [5.41, 5.74) is -0.477. The number of hydrogen-bond donors (Lipinski definition) is 1. The lowest BCUT2D eigenvalue weighted by atomic mass is 9.91. The maximum atomic E-state index is 14.6. The lowest BCUT2D eigenvalue weighted by molar-refractivity contribution is 0.127. The Morgan fingerprint density at radius 2 is 2.03 bits per heavy atom. The molecule has 0 aliphatic carbocycles. The molecule has 0 atom stereocenters. The number of hydrogen-bond acceptors (Lipinski definition) is 5. The van der Waals surface area contributed by atoms with Gasteiger partial charge in [0.1, 0.15) is 18.0 Å². The number of rotatable bonds is 5. The van der Waals surface area contributed by atoms with Crippen molar-refractivity contribution in [3.05, 3.63) is 64.6 Å². The molecular weight excluding hydrogens is 399 g/mol. The molecule has 0 radical (unpaired) electrons. The van der Waals surface area contributed by atoms with Gasteiger partial charge in [-0.25, -0.2) is 13.2 Å². The molecule has 0 amide bonds. The van der Waals surface area contributed by atoms with Crippen molar-refractivity contribution < 1.29 is 23.1 Å². The average molecular weight is 415 g/mol. The molecule has 1 aromatic carbocycles. The molecule has 30 heavy (non-hydrogen) atoms. The van der Waals surface area contributed by atoms with E-state index >= 15 is 0 Å². The summed E-state index contributed by atoms with van der Waals surface area (Å²) in [7, 11) is 0. The molecule has 1 aliphatic rings. The van der Waals surface area contributed by atoms with Crippen LogP contribution >= 0.6 is 0 Å². The molecule has 2 aromatic heterocycles. The summed E-state index contributed by atoms with van der Waals surface area (Å²) < 4.78 is 41.8. The number of aromatic hydroxyl groups is 1. The van der Waals surface area contributed by atoms with Crippen molar-refractivity contribution >= 4 is 22.6 Å². The molecule has 0 unspecified atom stereocenters. The van der Waals surface area contributed by atoms with Crippen LogP contribution in [0.5, 0.6) is 5.75 Å². The van der Waals surface area contributed by atoms with Gasteiger partial charge in [0, 0.05) is 29.3 Å². The highest BCUT2D eigenvalue weighted by atomic mass is 19.3. The van der Waals surface area contributed by atoms with Gasteiger partial charge in [-0.1, -0.05) is 29.9 Å². The van der Waals surface area contributed by atoms with E-state index in [1.54, 1.807) is 12.1 Å². The summed E-state index contributed by atoms with van der Waals surface area (Å²) in [5.74, 6) is -1.39. The first-order chi connectivity index (χ1) is 14.4. The van der Waals surface area contributed by atoms with Gasteiger partial charge in [-0.05, 0) is 12.1 Å².